The van der Waals surface area contributed by atoms with Crippen molar-refractivity contribution >= 4 is 11.0 Å². The smallest absolute Gasteiger partial charge is 0.387 e. The number of fused-ring (bicyclic) bond motifs is 1. The van der Waals surface area contributed by atoms with E-state index in [9.17, 15) is 22.7 Å². The molecule has 2 aromatic carbocycles. The second kappa shape index (κ2) is 6.48. The Morgan fingerprint density at radius 2 is 1.75 bits per heavy atom. The molecule has 24 heavy (non-hydrogen) atoms. The largest absolute Gasteiger partial charge is 0.435 e. The fourth-order valence-corrected chi connectivity index (χ4v) is 2.36. The van der Waals surface area contributed by atoms with Gasteiger partial charge in [-0.1, -0.05) is 12.1 Å². The van der Waals surface area contributed by atoms with E-state index in [1.807, 2.05) is 0 Å². The maximum absolute atomic E-state index is 13.4. The summed E-state index contributed by atoms with van der Waals surface area (Å²) in [6.07, 6.45) is 0.372. The highest BCUT2D eigenvalue weighted by molar-refractivity contribution is 5.75. The number of aliphatic hydroxyl groups is 1. The van der Waals surface area contributed by atoms with Crippen molar-refractivity contribution in [1.82, 2.24) is 9.55 Å². The van der Waals surface area contributed by atoms with Crippen LogP contribution in [-0.2, 0) is 6.54 Å². The van der Waals surface area contributed by atoms with E-state index >= 15 is 0 Å². The maximum atomic E-state index is 13.4. The summed E-state index contributed by atoms with van der Waals surface area (Å²) in [6.45, 7) is -2.88. The summed E-state index contributed by atoms with van der Waals surface area (Å²) >= 11 is 0. The third kappa shape index (κ3) is 3.33. The van der Waals surface area contributed by atoms with Gasteiger partial charge < -0.3 is 14.4 Å². The lowest BCUT2D eigenvalue weighted by molar-refractivity contribution is -0.0498. The van der Waals surface area contributed by atoms with Crippen LogP contribution in [0.4, 0.5) is 17.6 Å². The summed E-state index contributed by atoms with van der Waals surface area (Å²) in [7, 11) is 0. The van der Waals surface area contributed by atoms with Crippen LogP contribution in [0.1, 0.15) is 11.7 Å². The average Bonchev–Trinajstić information content (AvgIpc) is 2.90. The van der Waals surface area contributed by atoms with E-state index in [0.717, 1.165) is 12.1 Å². The Labute approximate surface area is 133 Å². The zero-order valence-corrected chi connectivity index (χ0v) is 12.2. The predicted molar refractivity (Wildman–Crippen MR) is 77.7 cm³/mol. The second-order valence-electron chi connectivity index (χ2n) is 5.12. The van der Waals surface area contributed by atoms with E-state index in [4.69, 9.17) is 0 Å². The van der Waals surface area contributed by atoms with Crippen LogP contribution >= 0.6 is 0 Å². The molecule has 0 amide bonds. The van der Waals surface area contributed by atoms with Gasteiger partial charge in [0.1, 0.15) is 5.75 Å². The normalized spacial score (nSPS) is 12.8. The lowest BCUT2D eigenvalue weighted by Gasteiger charge is -2.13. The van der Waals surface area contributed by atoms with Gasteiger partial charge in [0.2, 0.25) is 0 Å². The van der Waals surface area contributed by atoms with Crippen LogP contribution in [0, 0.1) is 11.6 Å². The number of rotatable bonds is 5. The Hall–Kier alpha value is -2.61. The van der Waals surface area contributed by atoms with Crippen molar-refractivity contribution in [3.63, 3.8) is 0 Å². The SMILES string of the molecule is OC(Cn1cnc2cc(F)c(F)cc21)c1ccc(OC(F)F)cc1. The standard InChI is InChI=1S/C16H12F4N2O2/c17-11-5-13-14(6-12(11)18)22(8-21-13)7-15(23)9-1-3-10(4-2-9)24-16(19)20/h1-6,8,15-16,23H,7H2. The third-order valence-electron chi connectivity index (χ3n) is 3.52. The molecular formula is C16H12F4N2O2. The molecule has 8 heteroatoms. The molecule has 0 aliphatic carbocycles. The number of alkyl halides is 2. The molecular weight excluding hydrogens is 328 g/mol. The number of imidazole rings is 1. The van der Waals surface area contributed by atoms with E-state index in [1.54, 1.807) is 0 Å². The van der Waals surface area contributed by atoms with Crippen molar-refractivity contribution in [2.24, 2.45) is 0 Å². The molecule has 0 aliphatic heterocycles. The summed E-state index contributed by atoms with van der Waals surface area (Å²) in [4.78, 5) is 3.96. The number of halogens is 4. The van der Waals surface area contributed by atoms with Crippen LogP contribution in [-0.4, -0.2) is 21.3 Å². The first-order chi connectivity index (χ1) is 11.4. The Balaban J connectivity index is 1.79. The fourth-order valence-electron chi connectivity index (χ4n) is 2.36. The summed E-state index contributed by atoms with van der Waals surface area (Å²) in [5.41, 5.74) is 1.06. The van der Waals surface area contributed by atoms with E-state index in [2.05, 4.69) is 9.72 Å². The Morgan fingerprint density at radius 3 is 2.42 bits per heavy atom. The van der Waals surface area contributed by atoms with Gasteiger partial charge in [-0.15, -0.1) is 0 Å². The first kappa shape index (κ1) is 16.3. The van der Waals surface area contributed by atoms with Gasteiger partial charge in [-0.2, -0.15) is 8.78 Å². The minimum Gasteiger partial charge on any atom is -0.435 e. The predicted octanol–water partition coefficient (Wildman–Crippen LogP) is 3.65. The monoisotopic (exact) mass is 340 g/mol. The van der Waals surface area contributed by atoms with Crippen LogP contribution in [0.3, 0.4) is 0 Å². The van der Waals surface area contributed by atoms with Crippen molar-refractivity contribution < 1.29 is 27.4 Å². The molecule has 0 aliphatic rings. The quantitative estimate of drug-likeness (QED) is 0.721. The van der Waals surface area contributed by atoms with Crippen molar-refractivity contribution in [3.05, 3.63) is 59.9 Å². The molecule has 3 aromatic rings. The van der Waals surface area contributed by atoms with E-state index < -0.39 is 24.3 Å². The van der Waals surface area contributed by atoms with Crippen molar-refractivity contribution in [2.45, 2.75) is 19.3 Å². The van der Waals surface area contributed by atoms with Crippen molar-refractivity contribution in [1.29, 1.82) is 0 Å². The highest BCUT2D eigenvalue weighted by Crippen LogP contribution is 2.23. The number of hydrogen-bond donors (Lipinski definition) is 1. The van der Waals surface area contributed by atoms with Gasteiger partial charge in [-0.25, -0.2) is 13.8 Å². The fraction of sp³-hybridized carbons (Fsp3) is 0.188. The molecule has 0 saturated carbocycles. The summed E-state index contributed by atoms with van der Waals surface area (Å²) < 4.78 is 56.4. The van der Waals surface area contributed by atoms with E-state index in [1.165, 1.54) is 35.2 Å². The molecule has 126 valence electrons. The zero-order valence-electron chi connectivity index (χ0n) is 12.2. The highest BCUT2D eigenvalue weighted by atomic mass is 19.3. The molecule has 1 N–H and O–H groups in total. The number of hydrogen-bond acceptors (Lipinski definition) is 3. The molecule has 1 heterocycles. The number of aromatic nitrogens is 2. The van der Waals surface area contributed by atoms with E-state index in [-0.39, 0.29) is 17.8 Å². The van der Waals surface area contributed by atoms with Gasteiger partial charge in [0.05, 0.1) is 30.0 Å². The maximum Gasteiger partial charge on any atom is 0.387 e. The van der Waals surface area contributed by atoms with E-state index in [0.29, 0.717) is 11.1 Å². The first-order valence-corrected chi connectivity index (χ1v) is 6.97. The van der Waals surface area contributed by atoms with Gasteiger partial charge in [0, 0.05) is 12.1 Å². The first-order valence-electron chi connectivity index (χ1n) is 6.97. The molecule has 0 spiro atoms. The van der Waals surface area contributed by atoms with Crippen molar-refractivity contribution in [3.8, 4) is 5.75 Å². The Morgan fingerprint density at radius 1 is 1.08 bits per heavy atom. The summed E-state index contributed by atoms with van der Waals surface area (Å²) in [5, 5.41) is 10.2. The van der Waals surface area contributed by atoms with Gasteiger partial charge in [0.25, 0.3) is 0 Å². The number of aliphatic hydroxyl groups excluding tert-OH is 1. The molecule has 3 rings (SSSR count). The van der Waals surface area contributed by atoms with Crippen molar-refractivity contribution in [2.75, 3.05) is 0 Å². The lowest BCUT2D eigenvalue weighted by atomic mass is 10.1. The molecule has 1 unspecified atom stereocenters. The Bertz CT molecular complexity index is 849. The van der Waals surface area contributed by atoms with Gasteiger partial charge in [0.15, 0.2) is 11.6 Å². The molecule has 1 atom stereocenters. The zero-order chi connectivity index (χ0) is 17.3. The average molecular weight is 340 g/mol. The molecule has 4 nitrogen and oxygen atoms in total. The van der Waals surface area contributed by atoms with Crippen LogP contribution in [0.5, 0.6) is 5.75 Å². The third-order valence-corrected chi connectivity index (χ3v) is 3.52. The highest BCUT2D eigenvalue weighted by Gasteiger charge is 2.14. The second-order valence-corrected chi connectivity index (χ2v) is 5.12. The molecule has 0 radical (unpaired) electrons. The Kier molecular flexibility index (Phi) is 4.39. The minimum atomic E-state index is -2.92. The minimum absolute atomic E-state index is 0.0217. The molecule has 1 aromatic heterocycles. The molecule has 0 bridgehead atoms. The summed E-state index contributed by atoms with van der Waals surface area (Å²) in [5.74, 6) is -2.03. The lowest BCUT2D eigenvalue weighted by Crippen LogP contribution is -2.08. The van der Waals surface area contributed by atoms with Gasteiger partial charge >= 0.3 is 6.61 Å². The van der Waals surface area contributed by atoms with Crippen LogP contribution in [0.2, 0.25) is 0 Å². The number of benzene rings is 2. The number of ether oxygens (including phenoxy) is 1. The van der Waals surface area contributed by atoms with Gasteiger partial charge in [-0.05, 0) is 17.7 Å². The molecule has 0 saturated heterocycles. The topological polar surface area (TPSA) is 47.3 Å². The summed E-state index contributed by atoms with van der Waals surface area (Å²) in [6, 6.07) is 7.50. The molecule has 0 fully saturated rings. The van der Waals surface area contributed by atoms with Crippen LogP contribution in [0.15, 0.2) is 42.7 Å². The van der Waals surface area contributed by atoms with Crippen LogP contribution in [0.25, 0.3) is 11.0 Å². The van der Waals surface area contributed by atoms with Crippen LogP contribution < -0.4 is 4.74 Å². The van der Waals surface area contributed by atoms with Gasteiger partial charge in [-0.3, -0.25) is 0 Å². The number of nitrogens with zero attached hydrogens (tertiary/aromatic N) is 2.